The standard InChI is InChI=1S/C19H26N2O4/c1-3-12-25-16-6-4-14(13-17(16)24-2)5-7-18(22)21-10-8-15(9-11-21)19(20)23/h4-7,13,15H,3,8-12H2,1-2H3,(H2,20,23)/b7-5+. The van der Waals surface area contributed by atoms with Crippen LogP contribution in [0.3, 0.4) is 0 Å². The molecule has 0 saturated carbocycles. The van der Waals surface area contributed by atoms with Gasteiger partial charge >= 0.3 is 0 Å². The first-order valence-corrected chi connectivity index (χ1v) is 8.62. The zero-order valence-electron chi connectivity index (χ0n) is 14.9. The van der Waals surface area contributed by atoms with Gasteiger partial charge < -0.3 is 20.1 Å². The molecule has 136 valence electrons. The van der Waals surface area contributed by atoms with Crippen molar-refractivity contribution in [3.8, 4) is 11.5 Å². The SMILES string of the molecule is CCCOc1ccc(/C=C/C(=O)N2CCC(C(N)=O)CC2)cc1OC. The summed E-state index contributed by atoms with van der Waals surface area (Å²) in [4.78, 5) is 25.2. The molecule has 2 amide bonds. The Morgan fingerprint density at radius 3 is 2.60 bits per heavy atom. The van der Waals surface area contributed by atoms with E-state index in [9.17, 15) is 9.59 Å². The quantitative estimate of drug-likeness (QED) is 0.768. The van der Waals surface area contributed by atoms with E-state index in [0.29, 0.717) is 44.0 Å². The molecule has 1 fully saturated rings. The topological polar surface area (TPSA) is 81.9 Å². The number of hydrogen-bond acceptors (Lipinski definition) is 4. The van der Waals surface area contributed by atoms with Gasteiger partial charge in [0.2, 0.25) is 11.8 Å². The molecule has 6 nitrogen and oxygen atoms in total. The molecule has 0 radical (unpaired) electrons. The molecule has 1 aromatic carbocycles. The lowest BCUT2D eigenvalue weighted by Gasteiger charge is -2.29. The molecule has 0 bridgehead atoms. The average molecular weight is 346 g/mol. The summed E-state index contributed by atoms with van der Waals surface area (Å²) in [5, 5.41) is 0. The number of amides is 2. The molecule has 2 N–H and O–H groups in total. The number of primary amides is 1. The summed E-state index contributed by atoms with van der Waals surface area (Å²) in [6.07, 6.45) is 5.49. The van der Waals surface area contributed by atoms with Crippen LogP contribution in [0.25, 0.3) is 6.08 Å². The maximum atomic E-state index is 12.3. The summed E-state index contributed by atoms with van der Waals surface area (Å²) in [5.41, 5.74) is 6.18. The van der Waals surface area contributed by atoms with E-state index >= 15 is 0 Å². The number of likely N-dealkylation sites (tertiary alicyclic amines) is 1. The first kappa shape index (κ1) is 18.8. The first-order chi connectivity index (χ1) is 12.0. The lowest BCUT2D eigenvalue weighted by atomic mass is 9.96. The Labute approximate surface area is 148 Å². The van der Waals surface area contributed by atoms with Gasteiger partial charge in [-0.15, -0.1) is 0 Å². The second-order valence-electron chi connectivity index (χ2n) is 6.09. The lowest BCUT2D eigenvalue weighted by Crippen LogP contribution is -2.41. The number of nitrogens with two attached hydrogens (primary N) is 1. The van der Waals surface area contributed by atoms with Crippen molar-refractivity contribution in [3.63, 3.8) is 0 Å². The number of carbonyl (C=O) groups is 2. The number of methoxy groups -OCH3 is 1. The van der Waals surface area contributed by atoms with Gasteiger partial charge in [0, 0.05) is 25.1 Å². The van der Waals surface area contributed by atoms with Crippen molar-refractivity contribution in [2.24, 2.45) is 11.7 Å². The average Bonchev–Trinajstić information content (AvgIpc) is 2.64. The molecule has 25 heavy (non-hydrogen) atoms. The monoisotopic (exact) mass is 346 g/mol. The Kier molecular flexibility index (Phi) is 6.86. The van der Waals surface area contributed by atoms with Crippen LogP contribution in [-0.4, -0.2) is 43.5 Å². The minimum atomic E-state index is -0.278. The second kappa shape index (κ2) is 9.11. The normalized spacial score (nSPS) is 15.4. The molecule has 1 heterocycles. The van der Waals surface area contributed by atoms with Crippen LogP contribution in [0.1, 0.15) is 31.7 Å². The Balaban J connectivity index is 1.96. The fraction of sp³-hybridized carbons (Fsp3) is 0.474. The molecule has 6 heteroatoms. The molecule has 1 saturated heterocycles. The van der Waals surface area contributed by atoms with E-state index in [1.807, 2.05) is 25.1 Å². The summed E-state index contributed by atoms with van der Waals surface area (Å²) < 4.78 is 11.0. The van der Waals surface area contributed by atoms with Crippen LogP contribution in [0.4, 0.5) is 0 Å². The fourth-order valence-corrected chi connectivity index (χ4v) is 2.78. The zero-order chi connectivity index (χ0) is 18.2. The van der Waals surface area contributed by atoms with Crippen molar-refractivity contribution < 1.29 is 19.1 Å². The van der Waals surface area contributed by atoms with Crippen LogP contribution < -0.4 is 15.2 Å². The van der Waals surface area contributed by atoms with Crippen molar-refractivity contribution >= 4 is 17.9 Å². The highest BCUT2D eigenvalue weighted by Gasteiger charge is 2.24. The van der Waals surface area contributed by atoms with Gasteiger partial charge in [-0.05, 0) is 43.0 Å². The summed E-state index contributed by atoms with van der Waals surface area (Å²) in [5.74, 6) is 0.882. The molecule has 1 aliphatic heterocycles. The summed E-state index contributed by atoms with van der Waals surface area (Å²) in [7, 11) is 1.59. The largest absolute Gasteiger partial charge is 0.493 e. The van der Waals surface area contributed by atoms with Crippen LogP contribution >= 0.6 is 0 Å². The smallest absolute Gasteiger partial charge is 0.246 e. The fourth-order valence-electron chi connectivity index (χ4n) is 2.78. The third-order valence-electron chi connectivity index (χ3n) is 4.28. The van der Waals surface area contributed by atoms with Crippen LogP contribution in [0.2, 0.25) is 0 Å². The number of nitrogens with zero attached hydrogens (tertiary/aromatic N) is 1. The van der Waals surface area contributed by atoms with E-state index in [1.165, 1.54) is 0 Å². The lowest BCUT2D eigenvalue weighted by molar-refractivity contribution is -0.130. The van der Waals surface area contributed by atoms with Gasteiger partial charge in [0.1, 0.15) is 0 Å². The van der Waals surface area contributed by atoms with E-state index in [4.69, 9.17) is 15.2 Å². The van der Waals surface area contributed by atoms with Crippen molar-refractivity contribution in [1.82, 2.24) is 4.90 Å². The number of carbonyl (C=O) groups excluding carboxylic acids is 2. The molecular weight excluding hydrogens is 320 g/mol. The molecular formula is C19H26N2O4. The molecule has 2 rings (SSSR count). The van der Waals surface area contributed by atoms with Gasteiger partial charge in [0.15, 0.2) is 11.5 Å². The Morgan fingerprint density at radius 2 is 2.00 bits per heavy atom. The third-order valence-corrected chi connectivity index (χ3v) is 4.28. The van der Waals surface area contributed by atoms with E-state index in [2.05, 4.69) is 0 Å². The van der Waals surface area contributed by atoms with Crippen LogP contribution in [0.5, 0.6) is 11.5 Å². The minimum Gasteiger partial charge on any atom is -0.493 e. The third kappa shape index (κ3) is 5.24. The highest BCUT2D eigenvalue weighted by Crippen LogP contribution is 2.28. The van der Waals surface area contributed by atoms with Gasteiger partial charge in [0.05, 0.1) is 13.7 Å². The first-order valence-electron chi connectivity index (χ1n) is 8.62. The number of piperidine rings is 1. The molecule has 0 aromatic heterocycles. The maximum absolute atomic E-state index is 12.3. The summed E-state index contributed by atoms with van der Waals surface area (Å²) in [6, 6.07) is 5.57. The van der Waals surface area contributed by atoms with E-state index < -0.39 is 0 Å². The predicted octanol–water partition coefficient (Wildman–Crippen LogP) is 2.22. The Morgan fingerprint density at radius 1 is 1.28 bits per heavy atom. The van der Waals surface area contributed by atoms with Crippen molar-refractivity contribution in [1.29, 1.82) is 0 Å². The Hall–Kier alpha value is -2.50. The highest BCUT2D eigenvalue weighted by molar-refractivity contribution is 5.92. The number of benzene rings is 1. The number of hydrogen-bond donors (Lipinski definition) is 1. The summed E-state index contributed by atoms with van der Waals surface area (Å²) >= 11 is 0. The minimum absolute atomic E-state index is 0.0619. The Bertz CT molecular complexity index is 634. The number of ether oxygens (including phenoxy) is 2. The molecule has 0 spiro atoms. The predicted molar refractivity (Wildman–Crippen MR) is 96.3 cm³/mol. The molecule has 0 aliphatic carbocycles. The summed E-state index contributed by atoms with van der Waals surface area (Å²) in [6.45, 7) is 3.79. The molecule has 1 aromatic rings. The molecule has 0 unspecified atom stereocenters. The second-order valence-corrected chi connectivity index (χ2v) is 6.09. The zero-order valence-corrected chi connectivity index (χ0v) is 14.9. The van der Waals surface area contributed by atoms with E-state index in [-0.39, 0.29) is 17.7 Å². The van der Waals surface area contributed by atoms with Crippen molar-refractivity contribution in [2.75, 3.05) is 26.8 Å². The van der Waals surface area contributed by atoms with E-state index in [1.54, 1.807) is 24.2 Å². The van der Waals surface area contributed by atoms with Crippen molar-refractivity contribution in [3.05, 3.63) is 29.8 Å². The highest BCUT2D eigenvalue weighted by atomic mass is 16.5. The van der Waals surface area contributed by atoms with Gasteiger partial charge in [-0.2, -0.15) is 0 Å². The van der Waals surface area contributed by atoms with Crippen LogP contribution in [-0.2, 0) is 9.59 Å². The molecule has 1 aliphatic rings. The van der Waals surface area contributed by atoms with Crippen LogP contribution in [0, 0.1) is 5.92 Å². The van der Waals surface area contributed by atoms with Gasteiger partial charge in [-0.3, -0.25) is 9.59 Å². The molecule has 0 atom stereocenters. The van der Waals surface area contributed by atoms with Gasteiger partial charge in [-0.25, -0.2) is 0 Å². The van der Waals surface area contributed by atoms with Gasteiger partial charge in [-0.1, -0.05) is 13.0 Å². The van der Waals surface area contributed by atoms with E-state index in [0.717, 1.165) is 12.0 Å². The number of rotatable bonds is 7. The van der Waals surface area contributed by atoms with Crippen LogP contribution in [0.15, 0.2) is 24.3 Å². The maximum Gasteiger partial charge on any atom is 0.246 e. The van der Waals surface area contributed by atoms with Gasteiger partial charge in [0.25, 0.3) is 0 Å². The van der Waals surface area contributed by atoms with Crippen molar-refractivity contribution in [2.45, 2.75) is 26.2 Å².